The van der Waals surface area contributed by atoms with E-state index >= 15 is 0 Å². The van der Waals surface area contributed by atoms with Gasteiger partial charge in [-0.15, -0.1) is 5.10 Å². The predicted molar refractivity (Wildman–Crippen MR) is 90.6 cm³/mol. The second kappa shape index (κ2) is 6.92. The molecule has 0 radical (unpaired) electrons. The van der Waals surface area contributed by atoms with Crippen LogP contribution in [0.5, 0.6) is 0 Å². The normalized spacial score (nSPS) is 18.5. The van der Waals surface area contributed by atoms with Crippen LogP contribution in [0.2, 0.25) is 0 Å². The molecule has 1 amide bonds. The molecule has 1 aliphatic carbocycles. The van der Waals surface area contributed by atoms with Crippen molar-refractivity contribution < 1.29 is 9.18 Å². The van der Waals surface area contributed by atoms with E-state index in [4.69, 9.17) is 0 Å². The first kappa shape index (κ1) is 16.2. The van der Waals surface area contributed by atoms with Crippen molar-refractivity contribution in [2.75, 3.05) is 32.7 Å². The fourth-order valence-corrected chi connectivity index (χ4v) is 3.21. The van der Waals surface area contributed by atoms with Crippen LogP contribution in [0.25, 0.3) is 0 Å². The van der Waals surface area contributed by atoms with Crippen molar-refractivity contribution in [1.82, 2.24) is 24.8 Å². The van der Waals surface area contributed by atoms with Crippen LogP contribution in [0.3, 0.4) is 0 Å². The highest BCUT2D eigenvalue weighted by Gasteiger charge is 2.28. The molecule has 7 heteroatoms. The average Bonchev–Trinajstić information content (AvgIpc) is 3.32. The largest absolute Gasteiger partial charge is 0.335 e. The molecule has 1 aliphatic heterocycles. The molecule has 0 spiro atoms. The van der Waals surface area contributed by atoms with Crippen LogP contribution < -0.4 is 0 Å². The lowest BCUT2D eigenvalue weighted by Crippen LogP contribution is -2.49. The Balaban J connectivity index is 1.33. The molecule has 1 saturated carbocycles. The third-order valence-corrected chi connectivity index (χ3v) is 4.89. The van der Waals surface area contributed by atoms with Crippen molar-refractivity contribution in [3.63, 3.8) is 0 Å². The van der Waals surface area contributed by atoms with Crippen LogP contribution in [0.4, 0.5) is 4.39 Å². The highest BCUT2D eigenvalue weighted by molar-refractivity contribution is 5.92. The van der Waals surface area contributed by atoms with Gasteiger partial charge in [0.2, 0.25) is 0 Å². The van der Waals surface area contributed by atoms with Gasteiger partial charge in [-0.2, -0.15) is 0 Å². The number of benzene rings is 1. The molecule has 0 unspecified atom stereocenters. The van der Waals surface area contributed by atoms with E-state index in [0.717, 1.165) is 37.7 Å². The zero-order valence-electron chi connectivity index (χ0n) is 14.1. The van der Waals surface area contributed by atoms with Crippen molar-refractivity contribution in [2.45, 2.75) is 19.4 Å². The number of piperazine rings is 1. The fourth-order valence-electron chi connectivity index (χ4n) is 3.21. The summed E-state index contributed by atoms with van der Waals surface area (Å²) in [5, 5.41) is 8.04. The van der Waals surface area contributed by atoms with E-state index in [2.05, 4.69) is 15.2 Å². The van der Waals surface area contributed by atoms with Crippen molar-refractivity contribution in [2.24, 2.45) is 5.92 Å². The molecule has 25 heavy (non-hydrogen) atoms. The summed E-state index contributed by atoms with van der Waals surface area (Å²) in [5.41, 5.74) is 1.29. The zero-order chi connectivity index (χ0) is 17.2. The fraction of sp³-hybridized carbons (Fsp3) is 0.500. The zero-order valence-corrected chi connectivity index (χ0v) is 14.1. The highest BCUT2D eigenvalue weighted by Crippen LogP contribution is 2.29. The van der Waals surface area contributed by atoms with Crippen LogP contribution in [0, 0.1) is 11.7 Å². The maximum atomic E-state index is 13.0. The number of hydrogen-bond acceptors (Lipinski definition) is 4. The molecule has 2 aliphatic rings. The monoisotopic (exact) mass is 343 g/mol. The van der Waals surface area contributed by atoms with Crippen molar-refractivity contribution in [3.05, 3.63) is 47.5 Å². The molecule has 132 valence electrons. The Morgan fingerprint density at radius 2 is 1.84 bits per heavy atom. The minimum atomic E-state index is -0.265. The summed E-state index contributed by atoms with van der Waals surface area (Å²) in [7, 11) is 0. The van der Waals surface area contributed by atoms with Gasteiger partial charge in [-0.3, -0.25) is 9.69 Å². The lowest BCUT2D eigenvalue weighted by Gasteiger charge is -2.34. The summed E-state index contributed by atoms with van der Waals surface area (Å²) in [6.45, 7) is 5.01. The van der Waals surface area contributed by atoms with Gasteiger partial charge in [0.25, 0.3) is 5.91 Å². The quantitative estimate of drug-likeness (QED) is 0.828. The molecular formula is C18H22FN5O. The molecule has 4 rings (SSSR count). The second-order valence-electron chi connectivity index (χ2n) is 6.96. The molecule has 2 heterocycles. The van der Waals surface area contributed by atoms with Gasteiger partial charge < -0.3 is 4.90 Å². The van der Waals surface area contributed by atoms with Gasteiger partial charge in [-0.25, -0.2) is 9.07 Å². The number of nitrogens with zero attached hydrogens (tertiary/aromatic N) is 5. The lowest BCUT2D eigenvalue weighted by atomic mass is 10.2. The first-order chi connectivity index (χ1) is 12.2. The molecule has 1 saturated heterocycles. The Kier molecular flexibility index (Phi) is 4.48. The predicted octanol–water partition coefficient (Wildman–Crippen LogP) is 1.63. The standard InChI is InChI=1S/C18H22FN5O/c19-16-5-3-15(4-6-16)12-24-13-17(20-21-24)18(25)23-9-7-22(8-10-23)11-14-1-2-14/h3-6,13-14H,1-2,7-12H2. The van der Waals surface area contributed by atoms with Gasteiger partial charge >= 0.3 is 0 Å². The molecular weight excluding hydrogens is 321 g/mol. The molecule has 1 aromatic heterocycles. The Morgan fingerprint density at radius 1 is 1.12 bits per heavy atom. The summed E-state index contributed by atoms with van der Waals surface area (Å²) in [5.74, 6) is 0.559. The molecule has 0 N–H and O–H groups in total. The molecule has 0 atom stereocenters. The summed E-state index contributed by atoms with van der Waals surface area (Å²) in [4.78, 5) is 16.9. The van der Waals surface area contributed by atoms with Crippen LogP contribution in [-0.2, 0) is 6.54 Å². The van der Waals surface area contributed by atoms with Crippen molar-refractivity contribution in [3.8, 4) is 0 Å². The number of amides is 1. The first-order valence-corrected chi connectivity index (χ1v) is 8.83. The minimum absolute atomic E-state index is 0.0589. The SMILES string of the molecule is O=C(c1cn(Cc2ccc(F)cc2)nn1)N1CCN(CC2CC2)CC1. The Bertz CT molecular complexity index is 732. The number of carbonyl (C=O) groups excluding carboxylic acids is 1. The lowest BCUT2D eigenvalue weighted by molar-refractivity contribution is 0.0626. The minimum Gasteiger partial charge on any atom is -0.335 e. The van der Waals surface area contributed by atoms with Gasteiger partial charge in [-0.05, 0) is 36.5 Å². The Labute approximate surface area is 146 Å². The van der Waals surface area contributed by atoms with E-state index in [1.54, 1.807) is 23.0 Å². The summed E-state index contributed by atoms with van der Waals surface area (Å²) < 4.78 is 14.6. The van der Waals surface area contributed by atoms with Crippen LogP contribution in [0.15, 0.2) is 30.5 Å². The van der Waals surface area contributed by atoms with Gasteiger partial charge in [0.15, 0.2) is 5.69 Å². The van der Waals surface area contributed by atoms with Gasteiger partial charge in [0.1, 0.15) is 5.82 Å². The van der Waals surface area contributed by atoms with Gasteiger partial charge in [-0.1, -0.05) is 17.3 Å². The van der Waals surface area contributed by atoms with Crippen LogP contribution in [-0.4, -0.2) is 63.4 Å². The number of halogens is 1. The van der Waals surface area contributed by atoms with E-state index in [9.17, 15) is 9.18 Å². The summed E-state index contributed by atoms with van der Waals surface area (Å²) >= 11 is 0. The molecule has 2 fully saturated rings. The molecule has 6 nitrogen and oxygen atoms in total. The molecule has 1 aromatic carbocycles. The third kappa shape index (κ3) is 4.04. The maximum Gasteiger partial charge on any atom is 0.276 e. The smallest absolute Gasteiger partial charge is 0.276 e. The second-order valence-corrected chi connectivity index (χ2v) is 6.96. The van der Waals surface area contributed by atoms with Gasteiger partial charge in [0.05, 0.1) is 12.7 Å². The van der Waals surface area contributed by atoms with Crippen LogP contribution >= 0.6 is 0 Å². The summed E-state index contributed by atoms with van der Waals surface area (Å²) in [6, 6.07) is 6.24. The van der Waals surface area contributed by atoms with E-state index in [0.29, 0.717) is 12.2 Å². The maximum absolute atomic E-state index is 13.0. The van der Waals surface area contributed by atoms with Crippen molar-refractivity contribution >= 4 is 5.91 Å². The Hall–Kier alpha value is -2.28. The van der Waals surface area contributed by atoms with E-state index in [-0.39, 0.29) is 11.7 Å². The number of carbonyl (C=O) groups is 1. The van der Waals surface area contributed by atoms with E-state index in [1.165, 1.54) is 31.5 Å². The number of aromatic nitrogens is 3. The number of rotatable bonds is 5. The Morgan fingerprint density at radius 3 is 2.52 bits per heavy atom. The molecule has 0 bridgehead atoms. The topological polar surface area (TPSA) is 54.3 Å². The van der Waals surface area contributed by atoms with Crippen LogP contribution in [0.1, 0.15) is 28.9 Å². The van der Waals surface area contributed by atoms with Crippen molar-refractivity contribution in [1.29, 1.82) is 0 Å². The third-order valence-electron chi connectivity index (χ3n) is 4.89. The van der Waals surface area contributed by atoms with E-state index in [1.807, 2.05) is 4.90 Å². The highest BCUT2D eigenvalue weighted by atomic mass is 19.1. The van der Waals surface area contributed by atoms with Gasteiger partial charge in [0, 0.05) is 32.7 Å². The molecule has 2 aromatic rings. The summed E-state index contributed by atoms with van der Waals surface area (Å²) in [6.07, 6.45) is 4.38. The average molecular weight is 343 g/mol. The van der Waals surface area contributed by atoms with E-state index < -0.39 is 0 Å². The number of hydrogen-bond donors (Lipinski definition) is 0. The first-order valence-electron chi connectivity index (χ1n) is 8.83.